The fourth-order valence-electron chi connectivity index (χ4n) is 6.59. The molecule has 0 saturated carbocycles. The van der Waals surface area contributed by atoms with Crippen LogP contribution in [0.5, 0.6) is 5.75 Å². The third kappa shape index (κ3) is 14.0. The maximum absolute atomic E-state index is 14.2. The van der Waals surface area contributed by atoms with E-state index in [2.05, 4.69) is 39.2 Å². The Kier molecular flexibility index (Phi) is 18.5. The minimum absolute atomic E-state index is 0.0525. The number of nitrogens with zero attached hydrogens (tertiary/aromatic N) is 1. The number of nitrogens with two attached hydrogens (primary N) is 1. The number of nitrogens with one attached hydrogen (secondary N) is 5. The minimum atomic E-state index is -1.27. The van der Waals surface area contributed by atoms with E-state index in [9.17, 15) is 43.8 Å². The number of phenols is 1. The molecule has 0 unspecified atom stereocenters. The molecule has 1 saturated heterocycles. The van der Waals surface area contributed by atoms with Gasteiger partial charge in [-0.05, 0) is 67.7 Å². The fraction of sp³-hybridized carbons (Fsp3) is 0.537. The van der Waals surface area contributed by atoms with E-state index >= 15 is 0 Å². The van der Waals surface area contributed by atoms with E-state index < -0.39 is 89.6 Å². The molecule has 2 aromatic carbocycles. The van der Waals surface area contributed by atoms with E-state index in [0.29, 0.717) is 19.3 Å². The highest BCUT2D eigenvalue weighted by atomic mass is 32.1. The van der Waals surface area contributed by atoms with Crippen LogP contribution < -0.4 is 32.3 Å². The van der Waals surface area contributed by atoms with E-state index in [1.54, 1.807) is 19.1 Å². The smallest absolute Gasteiger partial charge is 0.327 e. The van der Waals surface area contributed by atoms with Crippen LogP contribution in [0.3, 0.4) is 0 Å². The molecule has 16 nitrogen and oxygen atoms in total. The van der Waals surface area contributed by atoms with E-state index in [1.165, 1.54) is 24.0 Å². The van der Waals surface area contributed by atoms with Gasteiger partial charge in [-0.3, -0.25) is 28.8 Å². The number of hydrogen-bond acceptors (Lipinski definition) is 10. The maximum Gasteiger partial charge on any atom is 0.327 e. The van der Waals surface area contributed by atoms with Gasteiger partial charge in [-0.15, -0.1) is 0 Å². The number of rotatable bonds is 21. The molecule has 0 spiro atoms. The molecule has 0 aromatic heterocycles. The van der Waals surface area contributed by atoms with Crippen molar-refractivity contribution in [2.75, 3.05) is 12.3 Å². The summed E-state index contributed by atoms with van der Waals surface area (Å²) in [6, 6.07) is 7.77. The summed E-state index contributed by atoms with van der Waals surface area (Å²) in [4.78, 5) is 94.4. The standard InChI is InChI=1S/C41H59N7O9S/c1-6-24(4)34(39(54)44-30(19-23(2)3)37(52)46-32(22-58)41(56)57)47-35(50)25(5)43-38(53)33-13-10-18-48(33)40(55)31(21-26-11-8-7-9-12-26)45-36(51)29(42)20-27-14-16-28(49)17-15-27/h7-9,11-12,14-17,23-25,29-34,49,58H,6,10,13,18-22,42H2,1-5H3,(H,43,53)(H,44,54)(H,45,51)(H,46,52)(H,47,50)(H,56,57)/t24-,25-,29-,30-,31-,32-,33-,34-/m0/s1. The van der Waals surface area contributed by atoms with Crippen molar-refractivity contribution in [3.8, 4) is 5.75 Å². The van der Waals surface area contributed by atoms with Crippen LogP contribution in [0.25, 0.3) is 0 Å². The molecule has 1 aliphatic rings. The highest BCUT2D eigenvalue weighted by Crippen LogP contribution is 2.21. The molecule has 1 fully saturated rings. The predicted molar refractivity (Wildman–Crippen MR) is 220 cm³/mol. The zero-order valence-electron chi connectivity index (χ0n) is 33.8. The summed E-state index contributed by atoms with van der Waals surface area (Å²) in [5.74, 6) is -5.46. The van der Waals surface area contributed by atoms with E-state index in [-0.39, 0.29) is 43.2 Å². The number of amides is 6. The summed E-state index contributed by atoms with van der Waals surface area (Å²) >= 11 is 3.99. The lowest BCUT2D eigenvalue weighted by Gasteiger charge is -2.31. The lowest BCUT2D eigenvalue weighted by atomic mass is 9.96. The quantitative estimate of drug-likeness (QED) is 0.0810. The third-order valence-corrected chi connectivity index (χ3v) is 10.5. The third-order valence-electron chi connectivity index (χ3n) is 10.1. The van der Waals surface area contributed by atoms with Crippen LogP contribution in [-0.2, 0) is 46.4 Å². The van der Waals surface area contributed by atoms with Crippen molar-refractivity contribution in [1.82, 2.24) is 31.5 Å². The first kappa shape index (κ1) is 47.2. The largest absolute Gasteiger partial charge is 0.508 e. The van der Waals surface area contributed by atoms with Gasteiger partial charge in [0.1, 0.15) is 42.0 Å². The van der Waals surface area contributed by atoms with Crippen molar-refractivity contribution in [3.05, 3.63) is 65.7 Å². The first-order valence-electron chi connectivity index (χ1n) is 19.7. The Morgan fingerprint density at radius 3 is 1.97 bits per heavy atom. The highest BCUT2D eigenvalue weighted by Gasteiger charge is 2.39. The summed E-state index contributed by atoms with van der Waals surface area (Å²) in [6.07, 6.45) is 1.77. The molecule has 0 aliphatic carbocycles. The first-order chi connectivity index (χ1) is 27.4. The van der Waals surface area contributed by atoms with E-state index in [0.717, 1.165) is 11.1 Å². The van der Waals surface area contributed by atoms with Gasteiger partial charge in [-0.2, -0.15) is 12.6 Å². The van der Waals surface area contributed by atoms with Crippen LogP contribution in [0.15, 0.2) is 54.6 Å². The van der Waals surface area contributed by atoms with Crippen molar-refractivity contribution >= 4 is 54.0 Å². The van der Waals surface area contributed by atoms with Gasteiger partial charge < -0.3 is 47.4 Å². The summed E-state index contributed by atoms with van der Waals surface area (Å²) in [6.45, 7) is 8.95. The number of hydrogen-bond donors (Lipinski definition) is 9. The minimum Gasteiger partial charge on any atom is -0.508 e. The number of carbonyl (C=O) groups is 7. The molecule has 0 radical (unpaired) electrons. The number of aromatic hydroxyl groups is 1. The molecular weight excluding hydrogens is 767 g/mol. The molecule has 1 heterocycles. The number of benzene rings is 2. The van der Waals surface area contributed by atoms with Crippen molar-refractivity contribution in [1.29, 1.82) is 0 Å². The van der Waals surface area contributed by atoms with Gasteiger partial charge >= 0.3 is 5.97 Å². The molecule has 17 heteroatoms. The number of carbonyl (C=O) groups excluding carboxylic acids is 6. The van der Waals surface area contributed by atoms with Crippen LogP contribution in [0.1, 0.15) is 71.4 Å². The number of thiol groups is 1. The first-order valence-corrected chi connectivity index (χ1v) is 20.3. The van der Waals surface area contributed by atoms with Crippen LogP contribution in [-0.4, -0.2) is 111 Å². The molecule has 6 amide bonds. The van der Waals surface area contributed by atoms with Crippen LogP contribution in [0.2, 0.25) is 0 Å². The zero-order valence-corrected chi connectivity index (χ0v) is 34.7. The molecule has 3 rings (SSSR count). The van der Waals surface area contributed by atoms with Gasteiger partial charge in [0.05, 0.1) is 6.04 Å². The van der Waals surface area contributed by atoms with E-state index in [4.69, 9.17) is 5.73 Å². The van der Waals surface area contributed by atoms with Crippen LogP contribution in [0.4, 0.5) is 0 Å². The Labute approximate surface area is 345 Å². The molecular formula is C41H59N7O9S. The van der Waals surface area contributed by atoms with Gasteiger partial charge in [-0.25, -0.2) is 4.79 Å². The Morgan fingerprint density at radius 1 is 0.776 bits per heavy atom. The monoisotopic (exact) mass is 825 g/mol. The Morgan fingerprint density at radius 2 is 1.38 bits per heavy atom. The molecule has 1 aliphatic heterocycles. The number of phenolic OH excluding ortho intramolecular Hbond substituents is 1. The van der Waals surface area contributed by atoms with Crippen molar-refractivity contribution in [2.24, 2.45) is 17.6 Å². The predicted octanol–water partition coefficient (Wildman–Crippen LogP) is 1.05. The van der Waals surface area contributed by atoms with Crippen LogP contribution >= 0.6 is 12.6 Å². The molecule has 318 valence electrons. The van der Waals surface area contributed by atoms with Gasteiger partial charge in [-0.1, -0.05) is 76.6 Å². The van der Waals surface area contributed by atoms with Crippen molar-refractivity contribution in [2.45, 2.75) is 115 Å². The second-order valence-electron chi connectivity index (χ2n) is 15.3. The van der Waals surface area contributed by atoms with Gasteiger partial charge in [0.15, 0.2) is 0 Å². The van der Waals surface area contributed by atoms with Gasteiger partial charge in [0, 0.05) is 18.7 Å². The second-order valence-corrected chi connectivity index (χ2v) is 15.7. The Balaban J connectivity index is 1.72. The maximum atomic E-state index is 14.2. The summed E-state index contributed by atoms with van der Waals surface area (Å²) in [5.41, 5.74) is 7.74. The molecule has 58 heavy (non-hydrogen) atoms. The van der Waals surface area contributed by atoms with Gasteiger partial charge in [0.2, 0.25) is 35.4 Å². The summed E-state index contributed by atoms with van der Waals surface area (Å²) < 4.78 is 0. The average Bonchev–Trinajstić information content (AvgIpc) is 3.69. The molecule has 9 N–H and O–H groups in total. The van der Waals surface area contributed by atoms with E-state index in [1.807, 2.05) is 51.1 Å². The zero-order chi connectivity index (χ0) is 43.1. The normalized spacial score (nSPS) is 17.4. The number of aliphatic carboxylic acids is 1. The Hall–Kier alpha value is -5.16. The summed E-state index contributed by atoms with van der Waals surface area (Å²) in [7, 11) is 0. The number of carboxylic acid groups (broad SMARTS) is 1. The van der Waals surface area contributed by atoms with Gasteiger partial charge in [0.25, 0.3) is 0 Å². The van der Waals surface area contributed by atoms with Crippen molar-refractivity contribution < 1.29 is 43.8 Å². The molecule has 2 aromatic rings. The lowest BCUT2D eigenvalue weighted by Crippen LogP contribution is -2.60. The average molecular weight is 826 g/mol. The van der Waals surface area contributed by atoms with Crippen LogP contribution in [0, 0.1) is 11.8 Å². The number of carboxylic acids is 1. The SMILES string of the molecule is CC[C@H](C)[C@H](NC(=O)[C@H](C)NC(=O)[C@@H]1CCCN1C(=O)[C@H](Cc1ccccc1)NC(=O)[C@@H](N)Cc1ccc(O)cc1)C(=O)N[C@@H](CC(C)C)C(=O)N[C@@H](CS)C(=O)O. The summed E-state index contributed by atoms with van der Waals surface area (Å²) in [5, 5.41) is 32.3. The molecule has 0 bridgehead atoms. The highest BCUT2D eigenvalue weighted by molar-refractivity contribution is 7.80. The Bertz CT molecular complexity index is 1730. The second kappa shape index (κ2) is 22.7. The lowest BCUT2D eigenvalue weighted by molar-refractivity contribution is -0.142. The van der Waals surface area contributed by atoms with Crippen molar-refractivity contribution in [3.63, 3.8) is 0 Å². The number of likely N-dealkylation sites (tertiary alicyclic amines) is 1. The fourth-order valence-corrected chi connectivity index (χ4v) is 6.84. The molecule has 8 atom stereocenters. The topological polar surface area (TPSA) is 249 Å².